The van der Waals surface area contributed by atoms with Crippen LogP contribution >= 0.6 is 0 Å². The Kier molecular flexibility index (Phi) is 4.56. The van der Waals surface area contributed by atoms with E-state index >= 15 is 0 Å². The van der Waals surface area contributed by atoms with Crippen molar-refractivity contribution in [3.05, 3.63) is 0 Å². The number of likely N-dealkylation sites (tertiary alicyclic amines) is 1. The van der Waals surface area contributed by atoms with Gasteiger partial charge in [-0.05, 0) is 27.8 Å². The van der Waals surface area contributed by atoms with Crippen molar-refractivity contribution in [3.63, 3.8) is 0 Å². The molecule has 0 saturated carbocycles. The maximum Gasteiger partial charge on any atom is 0.408 e. The molecule has 0 aliphatic carbocycles. The van der Waals surface area contributed by atoms with E-state index in [0.29, 0.717) is 0 Å². The van der Waals surface area contributed by atoms with E-state index in [1.165, 1.54) is 7.11 Å². The Morgan fingerprint density at radius 3 is 2.28 bits per heavy atom. The van der Waals surface area contributed by atoms with Crippen LogP contribution in [0.15, 0.2) is 0 Å². The van der Waals surface area contributed by atoms with Gasteiger partial charge in [-0.1, -0.05) is 0 Å². The molecule has 0 radical (unpaired) electrons. The van der Waals surface area contributed by atoms with Gasteiger partial charge in [-0.3, -0.25) is 0 Å². The molecule has 1 saturated heterocycles. The van der Waals surface area contributed by atoms with Crippen LogP contribution in [0.3, 0.4) is 0 Å². The number of carbonyl (C=O) groups is 2. The zero-order chi connectivity index (χ0) is 13.9. The van der Waals surface area contributed by atoms with Crippen LogP contribution < -0.4 is 5.32 Å². The number of carbonyl (C=O) groups excluding carboxylic acids is 2. The van der Waals surface area contributed by atoms with Gasteiger partial charge in [0, 0.05) is 19.0 Å². The number of ether oxygens (including phenoxy) is 2. The maximum atomic E-state index is 11.7. The van der Waals surface area contributed by atoms with Gasteiger partial charge in [-0.15, -0.1) is 0 Å². The number of rotatable bonds is 3. The van der Waals surface area contributed by atoms with Crippen LogP contribution in [0, 0.1) is 5.92 Å². The van der Waals surface area contributed by atoms with Crippen LogP contribution in [0.4, 0.5) is 4.79 Å². The molecule has 1 fully saturated rings. The molecule has 1 atom stereocenters. The Bertz CT molecular complexity index is 319. The normalized spacial score (nSPS) is 18.7. The molecule has 1 unspecified atom stereocenters. The quantitative estimate of drug-likeness (QED) is 0.751. The van der Waals surface area contributed by atoms with Gasteiger partial charge in [0.05, 0.1) is 7.11 Å². The van der Waals surface area contributed by atoms with E-state index in [-0.39, 0.29) is 5.92 Å². The first kappa shape index (κ1) is 14.8. The molecule has 0 aromatic rings. The van der Waals surface area contributed by atoms with Crippen molar-refractivity contribution in [2.75, 3.05) is 27.2 Å². The molecule has 6 nitrogen and oxygen atoms in total. The fourth-order valence-corrected chi connectivity index (χ4v) is 1.89. The van der Waals surface area contributed by atoms with Gasteiger partial charge in [-0.25, -0.2) is 9.59 Å². The minimum absolute atomic E-state index is 0.0787. The number of hydrogen-bond acceptors (Lipinski definition) is 5. The lowest BCUT2D eigenvalue weighted by Crippen LogP contribution is -2.58. The molecular formula is C12H22N2O4. The first-order valence-corrected chi connectivity index (χ1v) is 5.99. The number of methoxy groups -OCH3 is 1. The van der Waals surface area contributed by atoms with Gasteiger partial charge in [0.1, 0.15) is 11.6 Å². The van der Waals surface area contributed by atoms with Crippen LogP contribution in [0.2, 0.25) is 0 Å². The molecule has 1 aliphatic rings. The highest BCUT2D eigenvalue weighted by molar-refractivity contribution is 5.81. The number of nitrogens with one attached hydrogen (secondary N) is 1. The standard InChI is InChI=1S/C12H22N2O4/c1-12(2,3)18-11(16)13-9(10(15)17-5)8-6-14(4)7-8/h8-9H,6-7H2,1-5H3,(H,13,16). The van der Waals surface area contributed by atoms with Crippen LogP contribution in [-0.4, -0.2) is 55.9 Å². The predicted molar refractivity (Wildman–Crippen MR) is 66.2 cm³/mol. The molecule has 0 aromatic heterocycles. The summed E-state index contributed by atoms with van der Waals surface area (Å²) < 4.78 is 9.84. The summed E-state index contributed by atoms with van der Waals surface area (Å²) in [5, 5.41) is 2.58. The number of hydrogen-bond donors (Lipinski definition) is 1. The first-order valence-electron chi connectivity index (χ1n) is 5.99. The largest absolute Gasteiger partial charge is 0.467 e. The molecule has 0 aromatic carbocycles. The molecule has 18 heavy (non-hydrogen) atoms. The lowest BCUT2D eigenvalue weighted by atomic mass is 9.92. The van der Waals surface area contributed by atoms with E-state index in [2.05, 4.69) is 10.2 Å². The maximum absolute atomic E-state index is 11.7. The SMILES string of the molecule is COC(=O)C(NC(=O)OC(C)(C)C)C1CN(C)C1. The molecule has 6 heteroatoms. The molecule has 1 N–H and O–H groups in total. The second-order valence-electron chi connectivity index (χ2n) is 5.63. The van der Waals surface area contributed by atoms with Crippen LogP contribution in [0.25, 0.3) is 0 Å². The van der Waals surface area contributed by atoms with Gasteiger partial charge in [0.2, 0.25) is 0 Å². The number of amides is 1. The van der Waals surface area contributed by atoms with Crippen LogP contribution in [-0.2, 0) is 14.3 Å². The highest BCUT2D eigenvalue weighted by atomic mass is 16.6. The van der Waals surface area contributed by atoms with Crippen molar-refractivity contribution in [1.82, 2.24) is 10.2 Å². The molecule has 0 spiro atoms. The summed E-state index contributed by atoms with van der Waals surface area (Å²) in [5.41, 5.74) is -0.582. The van der Waals surface area contributed by atoms with E-state index < -0.39 is 23.7 Å². The van der Waals surface area contributed by atoms with E-state index in [1.54, 1.807) is 20.8 Å². The summed E-state index contributed by atoms with van der Waals surface area (Å²) in [5.74, 6) is -0.353. The minimum atomic E-state index is -0.638. The van der Waals surface area contributed by atoms with E-state index in [1.807, 2.05) is 7.05 Å². The number of alkyl carbamates (subject to hydrolysis) is 1. The summed E-state index contributed by atoms with van der Waals surface area (Å²) in [6.45, 7) is 6.84. The molecular weight excluding hydrogens is 236 g/mol. The Balaban J connectivity index is 2.56. The third-order valence-corrected chi connectivity index (χ3v) is 2.69. The average Bonchev–Trinajstić information content (AvgIpc) is 2.18. The zero-order valence-corrected chi connectivity index (χ0v) is 11.6. The average molecular weight is 258 g/mol. The van der Waals surface area contributed by atoms with Crippen LogP contribution in [0.1, 0.15) is 20.8 Å². The van der Waals surface area contributed by atoms with Crippen molar-refractivity contribution in [2.45, 2.75) is 32.4 Å². The Labute approximate surface area is 108 Å². The molecule has 1 aliphatic heterocycles. The minimum Gasteiger partial charge on any atom is -0.467 e. The van der Waals surface area contributed by atoms with Gasteiger partial charge in [-0.2, -0.15) is 0 Å². The highest BCUT2D eigenvalue weighted by Gasteiger charge is 2.38. The second kappa shape index (κ2) is 5.56. The second-order valence-corrected chi connectivity index (χ2v) is 5.63. The predicted octanol–water partition coefficient (Wildman–Crippen LogP) is 0.614. The van der Waals surface area contributed by atoms with Crippen molar-refractivity contribution < 1.29 is 19.1 Å². The van der Waals surface area contributed by atoms with E-state index in [0.717, 1.165) is 13.1 Å². The smallest absolute Gasteiger partial charge is 0.408 e. The zero-order valence-electron chi connectivity index (χ0n) is 11.6. The summed E-state index contributed by atoms with van der Waals surface area (Å²) in [6, 6.07) is -0.638. The Morgan fingerprint density at radius 1 is 1.33 bits per heavy atom. The molecule has 0 bridgehead atoms. The Hall–Kier alpha value is -1.30. The third-order valence-electron chi connectivity index (χ3n) is 2.69. The molecule has 1 heterocycles. The van der Waals surface area contributed by atoms with Gasteiger partial charge < -0.3 is 19.7 Å². The van der Waals surface area contributed by atoms with Crippen molar-refractivity contribution in [2.24, 2.45) is 5.92 Å². The van der Waals surface area contributed by atoms with Crippen molar-refractivity contribution in [3.8, 4) is 0 Å². The summed E-state index contributed by atoms with van der Waals surface area (Å²) in [6.07, 6.45) is -0.590. The van der Waals surface area contributed by atoms with Gasteiger partial charge in [0.15, 0.2) is 0 Å². The molecule has 1 amide bonds. The van der Waals surface area contributed by atoms with Crippen LogP contribution in [0.5, 0.6) is 0 Å². The van der Waals surface area contributed by atoms with Crippen molar-refractivity contribution >= 4 is 12.1 Å². The summed E-state index contributed by atoms with van der Waals surface area (Å²) in [4.78, 5) is 25.4. The topological polar surface area (TPSA) is 67.9 Å². The molecule has 104 valence electrons. The van der Waals surface area contributed by atoms with E-state index in [9.17, 15) is 9.59 Å². The monoisotopic (exact) mass is 258 g/mol. The lowest BCUT2D eigenvalue weighted by Gasteiger charge is -2.40. The number of nitrogens with zero attached hydrogens (tertiary/aromatic N) is 1. The van der Waals surface area contributed by atoms with E-state index in [4.69, 9.17) is 9.47 Å². The fourth-order valence-electron chi connectivity index (χ4n) is 1.89. The lowest BCUT2D eigenvalue weighted by molar-refractivity contribution is -0.146. The first-order chi connectivity index (χ1) is 8.23. The summed E-state index contributed by atoms with van der Waals surface area (Å²) >= 11 is 0. The fraction of sp³-hybridized carbons (Fsp3) is 0.833. The molecule has 1 rings (SSSR count). The van der Waals surface area contributed by atoms with Gasteiger partial charge in [0.25, 0.3) is 0 Å². The van der Waals surface area contributed by atoms with Crippen molar-refractivity contribution in [1.29, 1.82) is 0 Å². The highest BCUT2D eigenvalue weighted by Crippen LogP contribution is 2.18. The third kappa shape index (κ3) is 4.18. The Morgan fingerprint density at radius 2 is 1.89 bits per heavy atom. The summed E-state index contributed by atoms with van der Waals surface area (Å²) in [7, 11) is 3.27. The number of esters is 1. The van der Waals surface area contributed by atoms with Gasteiger partial charge >= 0.3 is 12.1 Å².